The number of ketones is 1. The summed E-state index contributed by atoms with van der Waals surface area (Å²) in [6.45, 7) is 3.69. The van der Waals surface area contributed by atoms with Gasteiger partial charge < -0.3 is 9.80 Å². The van der Waals surface area contributed by atoms with Crippen molar-refractivity contribution >= 4 is 11.6 Å². The van der Waals surface area contributed by atoms with E-state index >= 15 is 0 Å². The van der Waals surface area contributed by atoms with Crippen molar-refractivity contribution in [2.45, 2.75) is 19.8 Å². The first kappa shape index (κ1) is 12.6. The molecule has 0 N–H and O–H groups in total. The minimum absolute atomic E-state index is 0.161. The molecule has 0 spiro atoms. The van der Waals surface area contributed by atoms with Crippen LogP contribution >= 0.6 is 0 Å². The fraction of sp³-hybridized carbons (Fsp3) is 0.429. The second-order valence-corrected chi connectivity index (χ2v) is 4.46. The van der Waals surface area contributed by atoms with Gasteiger partial charge in [0.2, 0.25) is 0 Å². The average Bonchev–Trinajstić information content (AvgIpc) is 2.60. The summed E-state index contributed by atoms with van der Waals surface area (Å²) in [6, 6.07) is 5.78. The highest BCUT2D eigenvalue weighted by Gasteiger charge is 2.21. The molecule has 1 aliphatic rings. The fourth-order valence-electron chi connectivity index (χ4n) is 2.10. The Morgan fingerprint density at radius 1 is 1.39 bits per heavy atom. The normalized spacial score (nSPS) is 16.2. The molecule has 0 aliphatic carbocycles. The van der Waals surface area contributed by atoms with Gasteiger partial charge in [0.1, 0.15) is 11.5 Å². The molecule has 0 bridgehead atoms. The van der Waals surface area contributed by atoms with Crippen LogP contribution in [0.2, 0.25) is 0 Å². The molecular weight excluding hydrogens is 226 g/mol. The number of pyridine rings is 1. The van der Waals surface area contributed by atoms with Crippen molar-refractivity contribution in [2.24, 2.45) is 0 Å². The first-order valence-electron chi connectivity index (χ1n) is 6.36. The van der Waals surface area contributed by atoms with Crippen LogP contribution in [0.25, 0.3) is 0 Å². The molecule has 0 saturated carbocycles. The van der Waals surface area contributed by atoms with Crippen molar-refractivity contribution in [1.82, 2.24) is 9.88 Å². The van der Waals surface area contributed by atoms with Crippen molar-refractivity contribution in [2.75, 3.05) is 25.0 Å². The predicted octanol–water partition coefficient (Wildman–Crippen LogP) is 2.04. The SMILES string of the molecule is CCC(=O)C1=CN(C)CCCN1c1ccccn1. The topological polar surface area (TPSA) is 36.4 Å². The summed E-state index contributed by atoms with van der Waals surface area (Å²) in [6.07, 6.45) is 5.23. The quantitative estimate of drug-likeness (QED) is 0.816. The van der Waals surface area contributed by atoms with Gasteiger partial charge in [0.05, 0.1) is 0 Å². The van der Waals surface area contributed by atoms with Crippen LogP contribution in [0.5, 0.6) is 0 Å². The number of carbonyl (C=O) groups is 1. The molecule has 0 amide bonds. The summed E-state index contributed by atoms with van der Waals surface area (Å²) in [7, 11) is 2.00. The highest BCUT2D eigenvalue weighted by molar-refractivity contribution is 5.98. The third kappa shape index (κ3) is 2.70. The Morgan fingerprint density at radius 3 is 2.89 bits per heavy atom. The summed E-state index contributed by atoms with van der Waals surface area (Å²) < 4.78 is 0. The summed E-state index contributed by atoms with van der Waals surface area (Å²) in [5.74, 6) is 1.01. The molecule has 0 fully saturated rings. The predicted molar refractivity (Wildman–Crippen MR) is 72.2 cm³/mol. The molecule has 0 atom stereocenters. The maximum Gasteiger partial charge on any atom is 0.180 e. The third-order valence-electron chi connectivity index (χ3n) is 3.06. The van der Waals surface area contributed by atoms with Crippen LogP contribution in [-0.4, -0.2) is 35.8 Å². The lowest BCUT2D eigenvalue weighted by molar-refractivity contribution is -0.115. The maximum absolute atomic E-state index is 12.1. The number of aromatic nitrogens is 1. The number of Topliss-reactive ketones (excluding diaryl/α,β-unsaturated/α-hetero) is 1. The molecule has 0 unspecified atom stereocenters. The van der Waals surface area contributed by atoms with Gasteiger partial charge in [0, 0.05) is 39.0 Å². The van der Waals surface area contributed by atoms with E-state index in [-0.39, 0.29) is 5.78 Å². The minimum Gasteiger partial charge on any atom is -0.379 e. The van der Waals surface area contributed by atoms with Crippen LogP contribution in [0.15, 0.2) is 36.3 Å². The second kappa shape index (κ2) is 5.67. The van der Waals surface area contributed by atoms with Gasteiger partial charge in [0.25, 0.3) is 0 Å². The number of carbonyl (C=O) groups excluding carboxylic acids is 1. The van der Waals surface area contributed by atoms with Crippen LogP contribution in [0.3, 0.4) is 0 Å². The largest absolute Gasteiger partial charge is 0.379 e. The Labute approximate surface area is 108 Å². The molecule has 18 heavy (non-hydrogen) atoms. The number of allylic oxidation sites excluding steroid dienone is 1. The summed E-state index contributed by atoms with van der Waals surface area (Å²) in [5, 5.41) is 0. The third-order valence-corrected chi connectivity index (χ3v) is 3.06. The highest BCUT2D eigenvalue weighted by Crippen LogP contribution is 2.20. The molecule has 0 saturated heterocycles. The van der Waals surface area contributed by atoms with Crippen molar-refractivity contribution in [1.29, 1.82) is 0 Å². The van der Waals surface area contributed by atoms with Gasteiger partial charge in [-0.2, -0.15) is 0 Å². The van der Waals surface area contributed by atoms with E-state index in [0.29, 0.717) is 6.42 Å². The number of anilines is 1. The maximum atomic E-state index is 12.1. The summed E-state index contributed by atoms with van der Waals surface area (Å²) >= 11 is 0. The van der Waals surface area contributed by atoms with E-state index in [4.69, 9.17) is 0 Å². The van der Waals surface area contributed by atoms with Gasteiger partial charge in [-0.15, -0.1) is 0 Å². The van der Waals surface area contributed by atoms with Crippen LogP contribution in [0.1, 0.15) is 19.8 Å². The molecule has 2 heterocycles. The molecule has 4 nitrogen and oxygen atoms in total. The first-order chi connectivity index (χ1) is 8.72. The molecule has 4 heteroatoms. The lowest BCUT2D eigenvalue weighted by Crippen LogP contribution is -2.28. The summed E-state index contributed by atoms with van der Waals surface area (Å²) in [5.41, 5.74) is 0.746. The number of hydrogen-bond acceptors (Lipinski definition) is 4. The van der Waals surface area contributed by atoms with E-state index in [1.807, 2.05) is 43.3 Å². The van der Waals surface area contributed by atoms with E-state index in [9.17, 15) is 4.79 Å². The van der Waals surface area contributed by atoms with Gasteiger partial charge in [-0.1, -0.05) is 13.0 Å². The van der Waals surface area contributed by atoms with Crippen molar-refractivity contribution in [3.63, 3.8) is 0 Å². The molecular formula is C14H19N3O. The molecule has 0 aromatic carbocycles. The Kier molecular flexibility index (Phi) is 3.97. The smallest absolute Gasteiger partial charge is 0.180 e. The molecule has 96 valence electrons. The molecule has 2 rings (SSSR count). The van der Waals surface area contributed by atoms with Crippen molar-refractivity contribution in [3.8, 4) is 0 Å². The zero-order valence-corrected chi connectivity index (χ0v) is 11.0. The van der Waals surface area contributed by atoms with Gasteiger partial charge in [0.15, 0.2) is 5.78 Å². The van der Waals surface area contributed by atoms with Crippen molar-refractivity contribution in [3.05, 3.63) is 36.3 Å². The molecule has 0 radical (unpaired) electrons. The van der Waals surface area contributed by atoms with Crippen LogP contribution in [0, 0.1) is 0 Å². The van der Waals surface area contributed by atoms with E-state index in [0.717, 1.165) is 31.0 Å². The Morgan fingerprint density at radius 2 is 2.22 bits per heavy atom. The number of rotatable bonds is 3. The Hall–Kier alpha value is -1.84. The number of hydrogen-bond donors (Lipinski definition) is 0. The van der Waals surface area contributed by atoms with Crippen LogP contribution < -0.4 is 4.90 Å². The molecule has 1 aromatic heterocycles. The van der Waals surface area contributed by atoms with Crippen LogP contribution in [0.4, 0.5) is 5.82 Å². The van der Waals surface area contributed by atoms with E-state index in [1.165, 1.54) is 0 Å². The first-order valence-corrected chi connectivity index (χ1v) is 6.36. The van der Waals surface area contributed by atoms with Gasteiger partial charge in [-0.05, 0) is 18.6 Å². The van der Waals surface area contributed by atoms with Gasteiger partial charge >= 0.3 is 0 Å². The van der Waals surface area contributed by atoms with Crippen molar-refractivity contribution < 1.29 is 4.79 Å². The highest BCUT2D eigenvalue weighted by atomic mass is 16.1. The zero-order valence-electron chi connectivity index (χ0n) is 11.0. The van der Waals surface area contributed by atoms with Crippen LogP contribution in [-0.2, 0) is 4.79 Å². The fourth-order valence-corrected chi connectivity index (χ4v) is 2.10. The molecule has 1 aliphatic heterocycles. The Balaban J connectivity index is 2.36. The lowest BCUT2D eigenvalue weighted by atomic mass is 10.2. The standard InChI is InChI=1S/C14H19N3O/c1-3-13(18)12-11-16(2)9-6-10-17(12)14-7-4-5-8-15-14/h4-5,7-8,11H,3,6,9-10H2,1-2H3. The molecule has 1 aromatic rings. The Bertz CT molecular complexity index is 442. The lowest BCUT2D eigenvalue weighted by Gasteiger charge is -2.23. The number of nitrogens with zero attached hydrogens (tertiary/aromatic N) is 3. The van der Waals surface area contributed by atoms with E-state index in [2.05, 4.69) is 9.88 Å². The average molecular weight is 245 g/mol. The minimum atomic E-state index is 0.161. The summed E-state index contributed by atoms with van der Waals surface area (Å²) in [4.78, 5) is 20.5. The monoisotopic (exact) mass is 245 g/mol. The van der Waals surface area contributed by atoms with E-state index < -0.39 is 0 Å². The van der Waals surface area contributed by atoms with Gasteiger partial charge in [-0.25, -0.2) is 4.98 Å². The van der Waals surface area contributed by atoms with Gasteiger partial charge in [-0.3, -0.25) is 4.79 Å². The van der Waals surface area contributed by atoms with E-state index in [1.54, 1.807) is 6.20 Å². The zero-order chi connectivity index (χ0) is 13.0. The second-order valence-electron chi connectivity index (χ2n) is 4.46.